The number of carbonyl (C=O) groups excluding carboxylic acids is 1. The SMILES string of the molecule is CC1(C)CCCC1C(=O)c1ccc(Cl)cc1Cl. The lowest BCUT2D eigenvalue weighted by molar-refractivity contribution is 0.0839. The molecule has 0 spiro atoms. The highest BCUT2D eigenvalue weighted by atomic mass is 35.5. The molecule has 0 aromatic heterocycles. The molecule has 1 aliphatic rings. The van der Waals surface area contributed by atoms with E-state index in [2.05, 4.69) is 13.8 Å². The molecule has 1 saturated carbocycles. The third-order valence-electron chi connectivity index (χ3n) is 3.77. The molecule has 1 nitrogen and oxygen atoms in total. The molecule has 0 radical (unpaired) electrons. The van der Waals surface area contributed by atoms with Gasteiger partial charge in [-0.05, 0) is 36.5 Å². The first-order chi connectivity index (χ1) is 7.92. The molecule has 3 heteroatoms. The molecule has 0 N–H and O–H groups in total. The van der Waals surface area contributed by atoms with Crippen LogP contribution >= 0.6 is 23.2 Å². The summed E-state index contributed by atoms with van der Waals surface area (Å²) in [5, 5.41) is 1.03. The Bertz CT molecular complexity index is 452. The standard InChI is InChI=1S/C14H16Cl2O/c1-14(2)7-3-4-11(14)13(17)10-6-5-9(15)8-12(10)16/h5-6,8,11H,3-4,7H2,1-2H3. The van der Waals surface area contributed by atoms with Crippen molar-refractivity contribution in [1.82, 2.24) is 0 Å². The van der Waals surface area contributed by atoms with Crippen molar-refractivity contribution in [3.8, 4) is 0 Å². The van der Waals surface area contributed by atoms with E-state index in [1.54, 1.807) is 18.2 Å². The second kappa shape index (κ2) is 4.62. The van der Waals surface area contributed by atoms with Crippen molar-refractivity contribution in [2.24, 2.45) is 11.3 Å². The molecule has 17 heavy (non-hydrogen) atoms. The van der Waals surface area contributed by atoms with Gasteiger partial charge < -0.3 is 0 Å². The highest BCUT2D eigenvalue weighted by molar-refractivity contribution is 6.36. The van der Waals surface area contributed by atoms with Crippen LogP contribution in [0.5, 0.6) is 0 Å². The normalized spacial score (nSPS) is 22.7. The predicted molar refractivity (Wildman–Crippen MR) is 71.9 cm³/mol. The largest absolute Gasteiger partial charge is 0.294 e. The van der Waals surface area contributed by atoms with Crippen LogP contribution in [-0.2, 0) is 0 Å². The minimum atomic E-state index is 0.0834. The quantitative estimate of drug-likeness (QED) is 0.691. The number of carbonyl (C=O) groups is 1. The summed E-state index contributed by atoms with van der Waals surface area (Å²) >= 11 is 11.9. The number of rotatable bonds is 2. The summed E-state index contributed by atoms with van der Waals surface area (Å²) in [7, 11) is 0. The monoisotopic (exact) mass is 270 g/mol. The molecule has 1 unspecified atom stereocenters. The summed E-state index contributed by atoms with van der Waals surface area (Å²) in [6.07, 6.45) is 3.19. The molecule has 0 heterocycles. The van der Waals surface area contributed by atoms with Crippen molar-refractivity contribution < 1.29 is 4.79 Å². The molecule has 1 aromatic carbocycles. The fourth-order valence-corrected chi connectivity index (χ4v) is 3.19. The summed E-state index contributed by atoms with van der Waals surface area (Å²) in [6.45, 7) is 4.32. The Balaban J connectivity index is 2.31. The fourth-order valence-electron chi connectivity index (χ4n) is 2.69. The van der Waals surface area contributed by atoms with Crippen molar-refractivity contribution in [2.75, 3.05) is 0 Å². The minimum Gasteiger partial charge on any atom is -0.294 e. The van der Waals surface area contributed by atoms with Crippen molar-refractivity contribution in [3.63, 3.8) is 0 Å². The van der Waals surface area contributed by atoms with Gasteiger partial charge in [0.05, 0.1) is 5.02 Å². The molecule has 2 rings (SSSR count). The molecule has 0 aliphatic heterocycles. The van der Waals surface area contributed by atoms with E-state index >= 15 is 0 Å². The summed E-state index contributed by atoms with van der Waals surface area (Å²) in [5.74, 6) is 0.246. The maximum absolute atomic E-state index is 12.5. The molecule has 0 bridgehead atoms. The lowest BCUT2D eigenvalue weighted by Gasteiger charge is -2.26. The van der Waals surface area contributed by atoms with Crippen LogP contribution in [0.2, 0.25) is 10.0 Å². The van der Waals surface area contributed by atoms with Gasteiger partial charge in [0, 0.05) is 16.5 Å². The maximum atomic E-state index is 12.5. The van der Waals surface area contributed by atoms with Crippen LogP contribution in [-0.4, -0.2) is 5.78 Å². The molecular formula is C14H16Cl2O. The first-order valence-electron chi connectivity index (χ1n) is 5.91. The molecule has 0 amide bonds. The first kappa shape index (κ1) is 12.9. The number of hydrogen-bond donors (Lipinski definition) is 0. The van der Waals surface area contributed by atoms with E-state index < -0.39 is 0 Å². The third kappa shape index (κ3) is 2.51. The molecular weight excluding hydrogens is 255 g/mol. The summed E-state index contributed by atoms with van der Waals surface area (Å²) in [5.41, 5.74) is 0.691. The van der Waals surface area contributed by atoms with Gasteiger partial charge in [-0.2, -0.15) is 0 Å². The molecule has 0 saturated heterocycles. The summed E-state index contributed by atoms with van der Waals surface area (Å²) in [4.78, 5) is 12.5. The van der Waals surface area contributed by atoms with Crippen LogP contribution in [0.4, 0.5) is 0 Å². The topological polar surface area (TPSA) is 17.1 Å². The minimum absolute atomic E-state index is 0.0834. The lowest BCUT2D eigenvalue weighted by atomic mass is 9.78. The summed E-state index contributed by atoms with van der Waals surface area (Å²) in [6, 6.07) is 5.10. The van der Waals surface area contributed by atoms with E-state index in [4.69, 9.17) is 23.2 Å². The number of ketones is 1. The van der Waals surface area contributed by atoms with Crippen molar-refractivity contribution in [1.29, 1.82) is 0 Å². The van der Waals surface area contributed by atoms with Crippen LogP contribution in [0.25, 0.3) is 0 Å². The fraction of sp³-hybridized carbons (Fsp3) is 0.500. The Morgan fingerprint density at radius 2 is 2.06 bits per heavy atom. The van der Waals surface area contributed by atoms with Crippen LogP contribution < -0.4 is 0 Å². The average Bonchev–Trinajstić information content (AvgIpc) is 2.57. The van der Waals surface area contributed by atoms with Gasteiger partial charge in [-0.25, -0.2) is 0 Å². The second-order valence-electron chi connectivity index (χ2n) is 5.42. The van der Waals surface area contributed by atoms with Gasteiger partial charge in [-0.3, -0.25) is 4.79 Å². The van der Waals surface area contributed by atoms with Gasteiger partial charge in [0.15, 0.2) is 5.78 Å². The van der Waals surface area contributed by atoms with E-state index in [9.17, 15) is 4.79 Å². The van der Waals surface area contributed by atoms with E-state index in [1.807, 2.05) is 0 Å². The van der Waals surface area contributed by atoms with E-state index in [1.165, 1.54) is 0 Å². The zero-order chi connectivity index (χ0) is 12.6. The van der Waals surface area contributed by atoms with Gasteiger partial charge in [-0.15, -0.1) is 0 Å². The Morgan fingerprint density at radius 3 is 2.59 bits per heavy atom. The zero-order valence-electron chi connectivity index (χ0n) is 10.1. The Kier molecular flexibility index (Phi) is 3.51. The van der Waals surface area contributed by atoms with Crippen LogP contribution in [0.1, 0.15) is 43.5 Å². The highest BCUT2D eigenvalue weighted by Gasteiger charge is 2.39. The van der Waals surface area contributed by atoms with Crippen molar-refractivity contribution >= 4 is 29.0 Å². The Hall–Kier alpha value is -0.530. The number of Topliss-reactive ketones (excluding diaryl/α,β-unsaturated/α-hetero) is 1. The van der Waals surface area contributed by atoms with Gasteiger partial charge in [0.1, 0.15) is 0 Å². The maximum Gasteiger partial charge on any atom is 0.167 e. The molecule has 1 fully saturated rings. The molecule has 1 aromatic rings. The summed E-state index contributed by atoms with van der Waals surface area (Å²) < 4.78 is 0. The predicted octanol–water partition coefficient (Wildman–Crippen LogP) is 5.00. The smallest absolute Gasteiger partial charge is 0.167 e. The van der Waals surface area contributed by atoms with Crippen molar-refractivity contribution in [2.45, 2.75) is 33.1 Å². The van der Waals surface area contributed by atoms with Crippen LogP contribution in [0.3, 0.4) is 0 Å². The van der Waals surface area contributed by atoms with E-state index in [0.29, 0.717) is 15.6 Å². The average molecular weight is 271 g/mol. The first-order valence-corrected chi connectivity index (χ1v) is 6.67. The number of benzene rings is 1. The van der Waals surface area contributed by atoms with Gasteiger partial charge in [0.2, 0.25) is 0 Å². The van der Waals surface area contributed by atoms with Gasteiger partial charge in [0.25, 0.3) is 0 Å². The van der Waals surface area contributed by atoms with Gasteiger partial charge in [-0.1, -0.05) is 43.5 Å². The third-order valence-corrected chi connectivity index (χ3v) is 4.32. The zero-order valence-corrected chi connectivity index (χ0v) is 11.6. The molecule has 1 atom stereocenters. The van der Waals surface area contributed by atoms with Crippen LogP contribution in [0, 0.1) is 11.3 Å². The molecule has 92 valence electrons. The van der Waals surface area contributed by atoms with E-state index in [-0.39, 0.29) is 17.1 Å². The second-order valence-corrected chi connectivity index (χ2v) is 6.27. The lowest BCUT2D eigenvalue weighted by Crippen LogP contribution is -2.26. The highest BCUT2D eigenvalue weighted by Crippen LogP contribution is 2.44. The van der Waals surface area contributed by atoms with E-state index in [0.717, 1.165) is 19.3 Å². The number of hydrogen-bond acceptors (Lipinski definition) is 1. The van der Waals surface area contributed by atoms with Crippen molar-refractivity contribution in [3.05, 3.63) is 33.8 Å². The Labute approximate surface area is 112 Å². The molecule has 1 aliphatic carbocycles. The number of halogens is 2. The Morgan fingerprint density at radius 1 is 1.35 bits per heavy atom. The van der Waals surface area contributed by atoms with Crippen LogP contribution in [0.15, 0.2) is 18.2 Å². The van der Waals surface area contributed by atoms with Gasteiger partial charge >= 0.3 is 0 Å².